The van der Waals surface area contributed by atoms with Crippen LogP contribution in [0.1, 0.15) is 0 Å². The lowest BCUT2D eigenvalue weighted by Gasteiger charge is -2.33. The molecule has 0 atom stereocenters. The zero-order valence-corrected chi connectivity index (χ0v) is 16.2. The smallest absolute Gasteiger partial charge is 0.248 e. The molecule has 4 heterocycles. The van der Waals surface area contributed by atoms with E-state index in [2.05, 4.69) is 49.1 Å². The summed E-state index contributed by atoms with van der Waals surface area (Å²) < 4.78 is 0. The number of anilines is 1. The van der Waals surface area contributed by atoms with Crippen LogP contribution in [-0.2, 0) is 0 Å². The molecule has 0 bridgehead atoms. The lowest BCUT2D eigenvalue weighted by Crippen LogP contribution is -2.44. The van der Waals surface area contributed by atoms with Crippen molar-refractivity contribution in [2.75, 3.05) is 38.1 Å². The van der Waals surface area contributed by atoms with Gasteiger partial charge in [0.25, 0.3) is 0 Å². The molecule has 0 radical (unpaired) electrons. The lowest BCUT2D eigenvalue weighted by atomic mass is 10.0. The van der Waals surface area contributed by atoms with Gasteiger partial charge in [0.15, 0.2) is 0 Å². The first-order chi connectivity index (χ1) is 14.2. The summed E-state index contributed by atoms with van der Waals surface area (Å²) in [6.45, 7) is 4.02. The first-order valence-electron chi connectivity index (χ1n) is 9.74. The number of rotatable bonds is 3. The Labute approximate surface area is 168 Å². The Morgan fingerprint density at radius 1 is 0.931 bits per heavy atom. The maximum Gasteiger partial charge on any atom is 0.248 e. The number of fused-ring (bicyclic) bond motifs is 1. The van der Waals surface area contributed by atoms with Crippen LogP contribution in [0.25, 0.3) is 33.3 Å². The fourth-order valence-corrected chi connectivity index (χ4v) is 3.81. The summed E-state index contributed by atoms with van der Waals surface area (Å²) in [5.41, 5.74) is 4.65. The van der Waals surface area contributed by atoms with Crippen LogP contribution in [0.3, 0.4) is 0 Å². The number of likely N-dealkylation sites (N-methyl/N-ethyl adjacent to an activating group) is 1. The Balaban J connectivity index is 1.54. The number of nitrogens with one attached hydrogen (secondary N) is 2. The number of hydrogen-bond donors (Lipinski definition) is 2. The second-order valence-electron chi connectivity index (χ2n) is 7.47. The van der Waals surface area contributed by atoms with Crippen molar-refractivity contribution in [2.45, 2.75) is 0 Å². The van der Waals surface area contributed by atoms with Crippen LogP contribution in [0.15, 0.2) is 59.7 Å². The van der Waals surface area contributed by atoms with Gasteiger partial charge in [-0.2, -0.15) is 5.10 Å². The molecule has 146 valence electrons. The van der Waals surface area contributed by atoms with Gasteiger partial charge in [0, 0.05) is 55.6 Å². The van der Waals surface area contributed by atoms with Crippen LogP contribution >= 0.6 is 0 Å². The number of H-pyrrole nitrogens is 2. The number of aromatic nitrogens is 4. The Hall–Kier alpha value is -3.45. The molecule has 29 heavy (non-hydrogen) atoms. The molecule has 7 heteroatoms. The summed E-state index contributed by atoms with van der Waals surface area (Å²) in [5, 5.41) is 8.72. The van der Waals surface area contributed by atoms with E-state index in [1.54, 1.807) is 12.3 Å². The van der Waals surface area contributed by atoms with E-state index in [0.717, 1.165) is 65.3 Å². The average molecular weight is 386 g/mol. The highest BCUT2D eigenvalue weighted by atomic mass is 16.1. The molecule has 0 unspecified atom stereocenters. The van der Waals surface area contributed by atoms with E-state index >= 15 is 0 Å². The van der Waals surface area contributed by atoms with E-state index in [1.165, 1.54) is 0 Å². The zero-order chi connectivity index (χ0) is 19.8. The van der Waals surface area contributed by atoms with Crippen molar-refractivity contribution in [3.8, 4) is 22.4 Å². The Morgan fingerprint density at radius 2 is 1.76 bits per heavy atom. The standard InChI is InChI=1S/C22H22N6O/c1-27-8-10-28(11-9-27)20-13-17(5-6-23-20)22-18-12-15(2-3-19(18)25-26-22)16-4-7-24-21(29)14-16/h2-7,12-14H,8-11H2,1H3,(H,24,29)(H,25,26). The highest BCUT2D eigenvalue weighted by molar-refractivity contribution is 5.95. The Kier molecular flexibility index (Phi) is 4.37. The average Bonchev–Trinajstić information content (AvgIpc) is 3.18. The first kappa shape index (κ1) is 17.6. The maximum atomic E-state index is 11.7. The van der Waals surface area contributed by atoms with E-state index in [9.17, 15) is 4.79 Å². The van der Waals surface area contributed by atoms with Crippen molar-refractivity contribution in [2.24, 2.45) is 0 Å². The van der Waals surface area contributed by atoms with Crippen molar-refractivity contribution in [1.29, 1.82) is 0 Å². The minimum absolute atomic E-state index is 0.110. The topological polar surface area (TPSA) is 80.9 Å². The molecule has 1 aliphatic heterocycles. The number of benzene rings is 1. The van der Waals surface area contributed by atoms with Crippen molar-refractivity contribution in [1.82, 2.24) is 25.1 Å². The second-order valence-corrected chi connectivity index (χ2v) is 7.47. The third-order valence-corrected chi connectivity index (χ3v) is 5.52. The van der Waals surface area contributed by atoms with Gasteiger partial charge >= 0.3 is 0 Å². The molecule has 0 aliphatic carbocycles. The molecule has 5 rings (SSSR count). The first-order valence-corrected chi connectivity index (χ1v) is 9.74. The predicted octanol–water partition coefficient (Wildman–Crippen LogP) is 2.73. The molecule has 0 saturated carbocycles. The van der Waals surface area contributed by atoms with Gasteiger partial charge in [0.05, 0.1) is 5.52 Å². The summed E-state index contributed by atoms with van der Waals surface area (Å²) in [7, 11) is 2.15. The fourth-order valence-electron chi connectivity index (χ4n) is 3.81. The quantitative estimate of drug-likeness (QED) is 0.566. The van der Waals surface area contributed by atoms with Crippen molar-refractivity contribution >= 4 is 16.7 Å². The molecule has 2 N–H and O–H groups in total. The van der Waals surface area contributed by atoms with Gasteiger partial charge in [0.2, 0.25) is 5.56 Å². The van der Waals surface area contributed by atoms with E-state index in [0.29, 0.717) is 0 Å². The van der Waals surface area contributed by atoms with Crippen molar-refractivity contribution < 1.29 is 0 Å². The number of aromatic amines is 2. The summed E-state index contributed by atoms with van der Waals surface area (Å²) in [6.07, 6.45) is 3.52. The molecular formula is C22H22N6O. The second kappa shape index (κ2) is 7.18. The number of pyridine rings is 2. The molecule has 1 aromatic carbocycles. The number of piperazine rings is 1. The maximum absolute atomic E-state index is 11.7. The largest absolute Gasteiger partial charge is 0.354 e. The van der Waals surface area contributed by atoms with Gasteiger partial charge in [-0.15, -0.1) is 0 Å². The normalized spacial score (nSPS) is 15.1. The van der Waals surface area contributed by atoms with Gasteiger partial charge in [-0.05, 0) is 48.5 Å². The molecule has 1 saturated heterocycles. The third kappa shape index (κ3) is 3.40. The summed E-state index contributed by atoms with van der Waals surface area (Å²) in [4.78, 5) is 23.6. The molecule has 7 nitrogen and oxygen atoms in total. The molecule has 1 fully saturated rings. The molecule has 1 aliphatic rings. The zero-order valence-electron chi connectivity index (χ0n) is 16.2. The Morgan fingerprint density at radius 3 is 2.59 bits per heavy atom. The van der Waals surface area contributed by atoms with Gasteiger partial charge in [0.1, 0.15) is 11.5 Å². The van der Waals surface area contributed by atoms with Gasteiger partial charge in [-0.3, -0.25) is 9.89 Å². The van der Waals surface area contributed by atoms with E-state index in [4.69, 9.17) is 0 Å². The molecule has 0 amide bonds. The van der Waals surface area contributed by atoms with Gasteiger partial charge < -0.3 is 14.8 Å². The summed E-state index contributed by atoms with van der Waals surface area (Å²) >= 11 is 0. The van der Waals surface area contributed by atoms with E-state index in [1.807, 2.05) is 30.5 Å². The van der Waals surface area contributed by atoms with Crippen LogP contribution in [0.5, 0.6) is 0 Å². The summed E-state index contributed by atoms with van der Waals surface area (Å²) in [6, 6.07) is 13.7. The molecule has 0 spiro atoms. The van der Waals surface area contributed by atoms with Crippen molar-refractivity contribution in [3.63, 3.8) is 0 Å². The van der Waals surface area contributed by atoms with Gasteiger partial charge in [-0.1, -0.05) is 6.07 Å². The van der Waals surface area contributed by atoms with E-state index in [-0.39, 0.29) is 5.56 Å². The number of hydrogen-bond acceptors (Lipinski definition) is 5. The van der Waals surface area contributed by atoms with E-state index < -0.39 is 0 Å². The van der Waals surface area contributed by atoms with Crippen LogP contribution in [0.4, 0.5) is 5.82 Å². The predicted molar refractivity (Wildman–Crippen MR) is 115 cm³/mol. The highest BCUT2D eigenvalue weighted by Gasteiger charge is 2.17. The highest BCUT2D eigenvalue weighted by Crippen LogP contribution is 2.31. The lowest BCUT2D eigenvalue weighted by molar-refractivity contribution is 0.312. The molecular weight excluding hydrogens is 364 g/mol. The van der Waals surface area contributed by atoms with Crippen LogP contribution in [0, 0.1) is 0 Å². The van der Waals surface area contributed by atoms with Gasteiger partial charge in [-0.25, -0.2) is 4.98 Å². The van der Waals surface area contributed by atoms with Crippen LogP contribution < -0.4 is 10.5 Å². The monoisotopic (exact) mass is 386 g/mol. The van der Waals surface area contributed by atoms with Crippen molar-refractivity contribution in [3.05, 3.63) is 65.2 Å². The minimum atomic E-state index is -0.110. The third-order valence-electron chi connectivity index (χ3n) is 5.52. The molecule has 4 aromatic rings. The fraction of sp³-hybridized carbons (Fsp3) is 0.227. The Bertz CT molecular complexity index is 1220. The number of nitrogens with zero attached hydrogens (tertiary/aromatic N) is 4. The minimum Gasteiger partial charge on any atom is -0.354 e. The molecule has 3 aromatic heterocycles. The van der Waals surface area contributed by atoms with Crippen LogP contribution in [-0.4, -0.2) is 58.3 Å². The summed E-state index contributed by atoms with van der Waals surface area (Å²) in [5.74, 6) is 0.984. The SMILES string of the molecule is CN1CCN(c2cc(-c3n[nH]c4ccc(-c5cc[nH]c(=O)c5)cc34)ccn2)CC1. The van der Waals surface area contributed by atoms with Crippen LogP contribution in [0.2, 0.25) is 0 Å².